The highest BCUT2D eigenvalue weighted by Crippen LogP contribution is 2.29. The quantitative estimate of drug-likeness (QED) is 0.285. The molecule has 1 N–H and O–H groups in total. The minimum Gasteiger partial charge on any atom is -0.369 e. The molecule has 2 saturated heterocycles. The smallest absolute Gasteiger partial charge is 0.256 e. The molecular weight excluding hydrogens is 601 g/mol. The number of carbonyl (C=O) groups is 2. The van der Waals surface area contributed by atoms with E-state index >= 15 is 0 Å². The van der Waals surface area contributed by atoms with Gasteiger partial charge in [-0.2, -0.15) is 0 Å². The number of rotatable bonds is 9. The highest BCUT2D eigenvalue weighted by atomic mass is 35.5. The number of amides is 2. The highest BCUT2D eigenvalue weighted by Gasteiger charge is 2.43. The van der Waals surface area contributed by atoms with E-state index in [0.717, 1.165) is 49.9 Å². The van der Waals surface area contributed by atoms with Gasteiger partial charge in [-0.1, -0.05) is 40.9 Å². The van der Waals surface area contributed by atoms with Gasteiger partial charge in [0.25, 0.3) is 5.91 Å². The van der Waals surface area contributed by atoms with E-state index in [2.05, 4.69) is 21.2 Å². The minimum atomic E-state index is -0.704. The van der Waals surface area contributed by atoms with E-state index < -0.39 is 6.04 Å². The van der Waals surface area contributed by atoms with Crippen molar-refractivity contribution in [1.82, 2.24) is 9.80 Å². The average Bonchev–Trinajstić information content (AvgIpc) is 3.19. The molecule has 7 nitrogen and oxygen atoms in total. The van der Waals surface area contributed by atoms with Gasteiger partial charge in [-0.3, -0.25) is 19.4 Å². The summed E-state index contributed by atoms with van der Waals surface area (Å²) in [6.07, 6.45) is 0.776. The van der Waals surface area contributed by atoms with Crippen LogP contribution in [0.2, 0.25) is 15.1 Å². The third-order valence-electron chi connectivity index (χ3n) is 7.33. The van der Waals surface area contributed by atoms with Crippen molar-refractivity contribution in [1.29, 1.82) is 0 Å². The molecule has 214 valence electrons. The third-order valence-corrected chi connectivity index (χ3v) is 8.49. The van der Waals surface area contributed by atoms with Crippen molar-refractivity contribution >= 4 is 81.0 Å². The standard InChI is InChI=1S/C30H30Cl3N5O2S/c31-21-5-9-24(10-6-21)34-28(39)20-27-29(40)38(25-11-7-22(32)8-12-25)30(41)37(27)14-2-13-35-15-17-36(18-16-35)26-4-1-3-23(33)19-26/h1,3-12,19,27H,2,13-18,20H2,(H,34,39). The van der Waals surface area contributed by atoms with Crippen molar-refractivity contribution in [3.63, 3.8) is 0 Å². The summed E-state index contributed by atoms with van der Waals surface area (Å²) in [5.41, 5.74) is 2.39. The Kier molecular flexibility index (Phi) is 9.68. The van der Waals surface area contributed by atoms with Crippen LogP contribution in [0.4, 0.5) is 17.1 Å². The van der Waals surface area contributed by atoms with Crippen LogP contribution in [0.15, 0.2) is 72.8 Å². The topological polar surface area (TPSA) is 59.1 Å². The van der Waals surface area contributed by atoms with Crippen molar-refractivity contribution in [2.75, 3.05) is 54.4 Å². The Hall–Kier alpha value is -2.88. The lowest BCUT2D eigenvalue weighted by Crippen LogP contribution is -2.47. The molecule has 0 radical (unpaired) electrons. The van der Waals surface area contributed by atoms with Crippen LogP contribution in [0.3, 0.4) is 0 Å². The molecule has 3 aromatic rings. The number of thiocarbonyl (C=S) groups is 1. The molecule has 0 aliphatic carbocycles. The SMILES string of the molecule is O=C(CC1C(=O)N(c2ccc(Cl)cc2)C(=S)N1CCCN1CCN(c2cccc(Cl)c2)CC1)Nc1ccc(Cl)cc1. The largest absolute Gasteiger partial charge is 0.369 e. The Morgan fingerprint density at radius 3 is 2.15 bits per heavy atom. The molecule has 3 aromatic carbocycles. The van der Waals surface area contributed by atoms with Crippen molar-refractivity contribution in [3.8, 4) is 0 Å². The summed E-state index contributed by atoms with van der Waals surface area (Å²) in [4.78, 5) is 34.8. The summed E-state index contributed by atoms with van der Waals surface area (Å²) < 4.78 is 0. The van der Waals surface area contributed by atoms with Gasteiger partial charge in [0.2, 0.25) is 5.91 Å². The predicted octanol–water partition coefficient (Wildman–Crippen LogP) is 6.19. The number of benzene rings is 3. The zero-order valence-corrected chi connectivity index (χ0v) is 25.4. The lowest BCUT2D eigenvalue weighted by atomic mass is 10.1. The van der Waals surface area contributed by atoms with Crippen molar-refractivity contribution in [2.24, 2.45) is 0 Å². The maximum Gasteiger partial charge on any atom is 0.256 e. The van der Waals surface area contributed by atoms with Crippen molar-refractivity contribution in [3.05, 3.63) is 87.9 Å². The van der Waals surface area contributed by atoms with Gasteiger partial charge in [-0.15, -0.1) is 0 Å². The first-order chi connectivity index (χ1) is 19.8. The fraction of sp³-hybridized carbons (Fsp3) is 0.300. The van der Waals surface area contributed by atoms with Crippen LogP contribution < -0.4 is 15.1 Å². The van der Waals surface area contributed by atoms with Gasteiger partial charge < -0.3 is 15.1 Å². The van der Waals surface area contributed by atoms with Gasteiger partial charge in [-0.05, 0) is 91.9 Å². The molecule has 0 bridgehead atoms. The molecule has 2 fully saturated rings. The first-order valence-electron chi connectivity index (χ1n) is 13.5. The van der Waals surface area contributed by atoms with Gasteiger partial charge >= 0.3 is 0 Å². The molecule has 41 heavy (non-hydrogen) atoms. The molecule has 1 unspecified atom stereocenters. The molecule has 1 atom stereocenters. The van der Waals surface area contributed by atoms with Crippen LogP contribution in [0.25, 0.3) is 0 Å². The number of nitrogens with one attached hydrogen (secondary N) is 1. The second-order valence-corrected chi connectivity index (χ2v) is 11.7. The number of hydrogen-bond donors (Lipinski definition) is 1. The van der Waals surface area contributed by atoms with Crippen LogP contribution in [0, 0.1) is 0 Å². The van der Waals surface area contributed by atoms with E-state index in [9.17, 15) is 9.59 Å². The Balaban J connectivity index is 1.22. The number of anilines is 3. The molecule has 0 spiro atoms. The first-order valence-corrected chi connectivity index (χ1v) is 15.0. The van der Waals surface area contributed by atoms with Gasteiger partial charge in [0.05, 0.1) is 12.1 Å². The zero-order valence-electron chi connectivity index (χ0n) is 22.3. The predicted molar refractivity (Wildman–Crippen MR) is 171 cm³/mol. The zero-order chi connectivity index (χ0) is 28.9. The Bertz CT molecular complexity index is 1400. The molecular formula is C30H30Cl3N5O2S. The molecule has 2 aliphatic heterocycles. The van der Waals surface area contributed by atoms with E-state index in [1.807, 2.05) is 23.1 Å². The van der Waals surface area contributed by atoms with Gasteiger partial charge in [0, 0.05) is 59.2 Å². The maximum absolute atomic E-state index is 13.6. The fourth-order valence-electron chi connectivity index (χ4n) is 5.20. The highest BCUT2D eigenvalue weighted by molar-refractivity contribution is 7.80. The van der Waals surface area contributed by atoms with E-state index in [-0.39, 0.29) is 18.2 Å². The fourth-order valence-corrected chi connectivity index (χ4v) is 6.05. The third kappa shape index (κ3) is 7.31. The monoisotopic (exact) mass is 629 g/mol. The molecule has 0 aromatic heterocycles. The van der Waals surface area contributed by atoms with Crippen LogP contribution in [0.5, 0.6) is 0 Å². The molecule has 5 rings (SSSR count). The average molecular weight is 631 g/mol. The summed E-state index contributed by atoms with van der Waals surface area (Å²) in [5.74, 6) is -0.493. The molecule has 2 amide bonds. The molecule has 2 heterocycles. The second-order valence-electron chi connectivity index (χ2n) is 10.1. The van der Waals surface area contributed by atoms with Gasteiger partial charge in [-0.25, -0.2) is 0 Å². The summed E-state index contributed by atoms with van der Waals surface area (Å²) >= 11 is 24.0. The van der Waals surface area contributed by atoms with E-state index in [0.29, 0.717) is 33.1 Å². The number of halogens is 3. The van der Waals surface area contributed by atoms with Crippen LogP contribution in [-0.2, 0) is 9.59 Å². The normalized spacial score (nSPS) is 17.8. The number of nitrogens with zero attached hydrogens (tertiary/aromatic N) is 4. The van der Waals surface area contributed by atoms with Crippen molar-refractivity contribution in [2.45, 2.75) is 18.9 Å². The van der Waals surface area contributed by atoms with E-state index in [4.69, 9.17) is 47.0 Å². The van der Waals surface area contributed by atoms with E-state index in [1.54, 1.807) is 48.5 Å². The number of hydrogen-bond acceptors (Lipinski definition) is 5. The van der Waals surface area contributed by atoms with Crippen molar-refractivity contribution < 1.29 is 9.59 Å². The maximum atomic E-state index is 13.6. The lowest BCUT2D eigenvalue weighted by Gasteiger charge is -2.36. The summed E-state index contributed by atoms with van der Waals surface area (Å²) in [6.45, 7) is 5.11. The molecule has 11 heteroatoms. The minimum absolute atomic E-state index is 0.0238. The van der Waals surface area contributed by atoms with Gasteiger partial charge in [0.1, 0.15) is 6.04 Å². The number of carbonyl (C=O) groups excluding carboxylic acids is 2. The van der Waals surface area contributed by atoms with Crippen LogP contribution in [0.1, 0.15) is 12.8 Å². The lowest BCUT2D eigenvalue weighted by molar-refractivity contribution is -0.124. The Morgan fingerprint density at radius 1 is 0.829 bits per heavy atom. The van der Waals surface area contributed by atoms with Crippen LogP contribution >= 0.6 is 47.0 Å². The van der Waals surface area contributed by atoms with Gasteiger partial charge in [0.15, 0.2) is 5.11 Å². The second kappa shape index (κ2) is 13.4. The van der Waals surface area contributed by atoms with Crippen LogP contribution in [-0.4, -0.2) is 72.0 Å². The first kappa shape index (κ1) is 29.6. The molecule has 2 aliphatic rings. The number of piperazine rings is 1. The summed E-state index contributed by atoms with van der Waals surface area (Å²) in [7, 11) is 0. The van der Waals surface area contributed by atoms with E-state index in [1.165, 1.54) is 4.90 Å². The Labute approximate surface area is 260 Å². The summed E-state index contributed by atoms with van der Waals surface area (Å²) in [6, 6.07) is 21.1. The Morgan fingerprint density at radius 2 is 1.49 bits per heavy atom. The molecule has 0 saturated carbocycles. The summed E-state index contributed by atoms with van der Waals surface area (Å²) in [5, 5.41) is 5.15.